The van der Waals surface area contributed by atoms with Gasteiger partial charge in [-0.05, 0) is 24.2 Å². The summed E-state index contributed by atoms with van der Waals surface area (Å²) in [5, 5.41) is 2.49. The van der Waals surface area contributed by atoms with Crippen LogP contribution in [0.3, 0.4) is 0 Å². The lowest BCUT2D eigenvalue weighted by Crippen LogP contribution is -2.45. The molecular formula is C11H17NO2. The van der Waals surface area contributed by atoms with E-state index in [9.17, 15) is 9.59 Å². The van der Waals surface area contributed by atoms with E-state index >= 15 is 0 Å². The molecule has 2 fully saturated rings. The summed E-state index contributed by atoms with van der Waals surface area (Å²) in [6.07, 6.45) is 2.42. The number of hydrogen-bond acceptors (Lipinski definition) is 2. The van der Waals surface area contributed by atoms with Gasteiger partial charge < -0.3 is 0 Å². The standard InChI is InChI=1S/C11H17NO2/c1-10(2)7-4-5-11(10,3)9(14)12-8(13)6-7/h7H,4-6H2,1-3H3,(H,12,13,14)/t7-,11-/m1/s1. The smallest absolute Gasteiger partial charge is 0.233 e. The highest BCUT2D eigenvalue weighted by atomic mass is 16.2. The van der Waals surface area contributed by atoms with Crippen molar-refractivity contribution in [3.63, 3.8) is 0 Å². The van der Waals surface area contributed by atoms with Crippen molar-refractivity contribution in [3.05, 3.63) is 0 Å². The average Bonchev–Trinajstić information content (AvgIpc) is 2.25. The molecule has 0 aromatic heterocycles. The molecule has 78 valence electrons. The first kappa shape index (κ1) is 9.69. The van der Waals surface area contributed by atoms with Crippen molar-refractivity contribution in [2.75, 3.05) is 0 Å². The summed E-state index contributed by atoms with van der Waals surface area (Å²) in [6, 6.07) is 0. The van der Waals surface area contributed by atoms with E-state index in [0.29, 0.717) is 12.3 Å². The summed E-state index contributed by atoms with van der Waals surface area (Å²) in [4.78, 5) is 23.3. The van der Waals surface area contributed by atoms with Crippen LogP contribution in [-0.4, -0.2) is 11.8 Å². The van der Waals surface area contributed by atoms with Crippen LogP contribution < -0.4 is 5.32 Å². The van der Waals surface area contributed by atoms with E-state index in [2.05, 4.69) is 19.2 Å². The van der Waals surface area contributed by atoms with Crippen LogP contribution in [0.5, 0.6) is 0 Å². The predicted octanol–water partition coefficient (Wildman–Crippen LogP) is 1.48. The normalized spacial score (nSPS) is 40.6. The van der Waals surface area contributed by atoms with Crippen LogP contribution in [0.2, 0.25) is 0 Å². The number of hydrogen-bond donors (Lipinski definition) is 1. The van der Waals surface area contributed by atoms with Gasteiger partial charge in [0.1, 0.15) is 0 Å². The molecule has 1 saturated carbocycles. The molecule has 0 spiro atoms. The SMILES string of the molecule is CC1(C)[C@@H]2CC[C@]1(C)C(=O)NC(=O)C2. The minimum atomic E-state index is -0.357. The van der Waals surface area contributed by atoms with Gasteiger partial charge >= 0.3 is 0 Å². The van der Waals surface area contributed by atoms with E-state index in [-0.39, 0.29) is 22.6 Å². The summed E-state index contributed by atoms with van der Waals surface area (Å²) in [7, 11) is 0. The molecule has 2 atom stereocenters. The number of carbonyl (C=O) groups excluding carboxylic acids is 2. The van der Waals surface area contributed by atoms with Crippen LogP contribution in [0.25, 0.3) is 0 Å². The highest BCUT2D eigenvalue weighted by molar-refractivity contribution is 5.99. The first-order valence-electron chi connectivity index (χ1n) is 5.22. The molecule has 2 bridgehead atoms. The fraction of sp³-hybridized carbons (Fsp3) is 0.818. The lowest BCUT2D eigenvalue weighted by Gasteiger charge is -2.37. The molecule has 0 radical (unpaired) electrons. The van der Waals surface area contributed by atoms with Crippen LogP contribution in [-0.2, 0) is 9.59 Å². The third-order valence-electron chi connectivity index (χ3n) is 4.62. The molecule has 1 aliphatic carbocycles. The molecule has 3 nitrogen and oxygen atoms in total. The Bertz CT molecular complexity index is 308. The lowest BCUT2D eigenvalue weighted by atomic mass is 9.65. The van der Waals surface area contributed by atoms with Crippen LogP contribution in [0, 0.1) is 16.7 Å². The fourth-order valence-electron chi connectivity index (χ4n) is 2.90. The summed E-state index contributed by atoms with van der Waals surface area (Å²) >= 11 is 0. The van der Waals surface area contributed by atoms with Gasteiger partial charge in [0.15, 0.2) is 0 Å². The maximum Gasteiger partial charge on any atom is 0.233 e. The highest BCUT2D eigenvalue weighted by Crippen LogP contribution is 2.58. The van der Waals surface area contributed by atoms with Gasteiger partial charge in [-0.2, -0.15) is 0 Å². The van der Waals surface area contributed by atoms with Gasteiger partial charge in [0.05, 0.1) is 5.41 Å². The van der Waals surface area contributed by atoms with E-state index in [1.165, 1.54) is 0 Å². The second kappa shape index (κ2) is 2.59. The average molecular weight is 195 g/mol. The maximum absolute atomic E-state index is 11.9. The summed E-state index contributed by atoms with van der Waals surface area (Å²) < 4.78 is 0. The molecule has 14 heavy (non-hydrogen) atoms. The van der Waals surface area contributed by atoms with Crippen molar-refractivity contribution < 1.29 is 9.59 Å². The van der Waals surface area contributed by atoms with E-state index in [1.54, 1.807) is 0 Å². The Hall–Kier alpha value is -0.860. The highest BCUT2D eigenvalue weighted by Gasteiger charge is 2.57. The third kappa shape index (κ3) is 0.983. The number of amides is 2. The molecule has 0 unspecified atom stereocenters. The minimum absolute atomic E-state index is 0.0523. The van der Waals surface area contributed by atoms with Crippen LogP contribution in [0.15, 0.2) is 0 Å². The van der Waals surface area contributed by atoms with Crippen molar-refractivity contribution in [1.82, 2.24) is 5.32 Å². The minimum Gasteiger partial charge on any atom is -0.296 e. The van der Waals surface area contributed by atoms with E-state index in [4.69, 9.17) is 0 Å². The Morgan fingerprint density at radius 2 is 1.93 bits per heavy atom. The number of carbonyl (C=O) groups is 2. The fourth-order valence-corrected chi connectivity index (χ4v) is 2.90. The first-order valence-corrected chi connectivity index (χ1v) is 5.22. The van der Waals surface area contributed by atoms with Crippen LogP contribution in [0.4, 0.5) is 0 Å². The van der Waals surface area contributed by atoms with Crippen molar-refractivity contribution in [3.8, 4) is 0 Å². The second-order valence-electron chi connectivity index (χ2n) is 5.37. The summed E-state index contributed by atoms with van der Waals surface area (Å²) in [6.45, 7) is 6.21. The van der Waals surface area contributed by atoms with E-state index in [1.807, 2.05) is 6.92 Å². The molecule has 3 heteroatoms. The maximum atomic E-state index is 11.9. The molecule has 2 aliphatic rings. The predicted molar refractivity (Wildman–Crippen MR) is 52.4 cm³/mol. The van der Waals surface area contributed by atoms with Crippen LogP contribution in [0.1, 0.15) is 40.0 Å². The zero-order valence-electron chi connectivity index (χ0n) is 9.02. The van der Waals surface area contributed by atoms with Gasteiger partial charge in [0, 0.05) is 6.42 Å². The molecule has 1 N–H and O–H groups in total. The quantitative estimate of drug-likeness (QED) is 0.595. The largest absolute Gasteiger partial charge is 0.296 e. The third-order valence-corrected chi connectivity index (χ3v) is 4.62. The van der Waals surface area contributed by atoms with Gasteiger partial charge in [-0.25, -0.2) is 0 Å². The van der Waals surface area contributed by atoms with Gasteiger partial charge in [-0.1, -0.05) is 20.8 Å². The molecule has 2 rings (SSSR count). The van der Waals surface area contributed by atoms with E-state index < -0.39 is 0 Å². The number of rotatable bonds is 0. The summed E-state index contributed by atoms with van der Waals surface area (Å²) in [5.41, 5.74) is -0.410. The van der Waals surface area contributed by atoms with Crippen molar-refractivity contribution in [1.29, 1.82) is 0 Å². The molecule has 1 saturated heterocycles. The Labute approximate surface area is 84.2 Å². The van der Waals surface area contributed by atoms with Crippen molar-refractivity contribution in [2.45, 2.75) is 40.0 Å². The zero-order valence-corrected chi connectivity index (χ0v) is 9.02. The number of imide groups is 1. The molecule has 1 aliphatic heterocycles. The Kier molecular flexibility index (Phi) is 1.79. The molecule has 0 aromatic rings. The van der Waals surface area contributed by atoms with Crippen LogP contribution >= 0.6 is 0 Å². The molecule has 0 aromatic carbocycles. The van der Waals surface area contributed by atoms with Gasteiger partial charge in [-0.3, -0.25) is 14.9 Å². The van der Waals surface area contributed by atoms with E-state index in [0.717, 1.165) is 12.8 Å². The Morgan fingerprint density at radius 1 is 1.29 bits per heavy atom. The van der Waals surface area contributed by atoms with Crippen molar-refractivity contribution >= 4 is 11.8 Å². The summed E-state index contributed by atoms with van der Waals surface area (Å²) in [5.74, 6) is 0.183. The lowest BCUT2D eigenvalue weighted by molar-refractivity contribution is -0.137. The number of nitrogens with one attached hydrogen (secondary N) is 1. The molecule has 1 heterocycles. The molecule has 2 amide bonds. The topological polar surface area (TPSA) is 46.2 Å². The monoisotopic (exact) mass is 195 g/mol. The zero-order chi connectivity index (χ0) is 10.6. The Morgan fingerprint density at radius 3 is 2.57 bits per heavy atom. The van der Waals surface area contributed by atoms with Gasteiger partial charge in [0.25, 0.3) is 0 Å². The van der Waals surface area contributed by atoms with Crippen molar-refractivity contribution in [2.24, 2.45) is 16.7 Å². The van der Waals surface area contributed by atoms with Gasteiger partial charge in [0.2, 0.25) is 11.8 Å². The second-order valence-corrected chi connectivity index (χ2v) is 5.37. The number of fused-ring (bicyclic) bond motifs is 2. The molecular weight excluding hydrogens is 178 g/mol. The Balaban J connectivity index is 2.47. The first-order chi connectivity index (χ1) is 6.38. The van der Waals surface area contributed by atoms with Gasteiger partial charge in [-0.15, -0.1) is 0 Å².